The van der Waals surface area contributed by atoms with Crippen LogP contribution in [0.25, 0.3) is 0 Å². The number of hydrogen-bond acceptors (Lipinski definition) is 3. The second-order valence-corrected chi connectivity index (χ2v) is 4.54. The zero-order chi connectivity index (χ0) is 10.4. The first-order valence-corrected chi connectivity index (χ1v) is 6.09. The highest BCUT2D eigenvalue weighted by Crippen LogP contribution is 2.16. The van der Waals surface area contributed by atoms with Crippen molar-refractivity contribution in [1.82, 2.24) is 10.6 Å². The smallest absolute Gasteiger partial charge is 0.0303 e. The molecule has 0 aromatic carbocycles. The number of likely N-dealkylation sites (N-methyl/N-ethyl adjacent to an activating group) is 1. The maximum Gasteiger partial charge on any atom is 0.0303 e. The number of hydrogen-bond donors (Lipinski definition) is 2. The summed E-state index contributed by atoms with van der Waals surface area (Å²) in [4.78, 5) is 1.48. The summed E-state index contributed by atoms with van der Waals surface area (Å²) in [5, 5.41) is 8.85. The molecule has 0 spiro atoms. The molecule has 1 unspecified atom stereocenters. The lowest BCUT2D eigenvalue weighted by Crippen LogP contribution is -2.33. The average Bonchev–Trinajstić information content (AvgIpc) is 2.65. The number of rotatable bonds is 6. The molecule has 0 radical (unpaired) electrons. The minimum absolute atomic E-state index is 0.542. The van der Waals surface area contributed by atoms with Gasteiger partial charge in [0.25, 0.3) is 0 Å². The van der Waals surface area contributed by atoms with Crippen LogP contribution in [-0.2, 0) is 13.0 Å². The van der Waals surface area contributed by atoms with Gasteiger partial charge in [-0.15, -0.1) is 11.3 Å². The van der Waals surface area contributed by atoms with E-state index in [1.807, 2.05) is 18.4 Å². The highest BCUT2D eigenvalue weighted by molar-refractivity contribution is 7.10. The quantitative estimate of drug-likeness (QED) is 0.754. The fourth-order valence-electron chi connectivity index (χ4n) is 1.34. The lowest BCUT2D eigenvalue weighted by molar-refractivity contribution is 0.542. The Morgan fingerprint density at radius 1 is 1.50 bits per heavy atom. The summed E-state index contributed by atoms with van der Waals surface area (Å²) in [6.45, 7) is 6.42. The van der Waals surface area contributed by atoms with Crippen molar-refractivity contribution in [2.45, 2.75) is 32.9 Å². The summed E-state index contributed by atoms with van der Waals surface area (Å²) in [6, 6.07) is 2.77. The molecule has 80 valence electrons. The number of aryl methyl sites for hydroxylation is 1. The summed E-state index contributed by atoms with van der Waals surface area (Å²) in [5.74, 6) is 0. The van der Waals surface area contributed by atoms with Crippen LogP contribution in [0.2, 0.25) is 0 Å². The summed E-state index contributed by atoms with van der Waals surface area (Å²) in [7, 11) is 2.00. The Morgan fingerprint density at radius 3 is 2.93 bits per heavy atom. The fourth-order valence-corrected chi connectivity index (χ4v) is 2.29. The van der Waals surface area contributed by atoms with Crippen LogP contribution < -0.4 is 10.6 Å². The average molecular weight is 212 g/mol. The maximum atomic E-state index is 3.46. The summed E-state index contributed by atoms with van der Waals surface area (Å²) < 4.78 is 0. The van der Waals surface area contributed by atoms with Crippen LogP contribution >= 0.6 is 11.3 Å². The fraction of sp³-hybridized carbons (Fsp3) is 0.636. The molecule has 2 N–H and O–H groups in total. The third-order valence-electron chi connectivity index (χ3n) is 2.45. The highest BCUT2D eigenvalue weighted by Gasteiger charge is 2.02. The topological polar surface area (TPSA) is 24.1 Å². The molecule has 1 aromatic rings. The Kier molecular flexibility index (Phi) is 5.15. The van der Waals surface area contributed by atoms with E-state index in [1.165, 1.54) is 10.4 Å². The maximum absolute atomic E-state index is 3.46. The SMILES string of the molecule is CCc1ccsc1CNCC(C)NC. The molecule has 1 rings (SSSR count). The Labute approximate surface area is 90.7 Å². The lowest BCUT2D eigenvalue weighted by atomic mass is 10.2. The van der Waals surface area contributed by atoms with Crippen molar-refractivity contribution < 1.29 is 0 Å². The van der Waals surface area contributed by atoms with Gasteiger partial charge in [0.05, 0.1) is 0 Å². The minimum Gasteiger partial charge on any atom is -0.316 e. The van der Waals surface area contributed by atoms with E-state index in [1.54, 1.807) is 0 Å². The molecule has 0 fully saturated rings. The van der Waals surface area contributed by atoms with E-state index < -0.39 is 0 Å². The van der Waals surface area contributed by atoms with E-state index in [9.17, 15) is 0 Å². The molecule has 14 heavy (non-hydrogen) atoms. The van der Waals surface area contributed by atoms with Crippen molar-refractivity contribution in [2.24, 2.45) is 0 Å². The number of nitrogens with one attached hydrogen (secondary N) is 2. The van der Waals surface area contributed by atoms with E-state index in [0.717, 1.165) is 19.5 Å². The van der Waals surface area contributed by atoms with E-state index in [-0.39, 0.29) is 0 Å². The van der Waals surface area contributed by atoms with Gasteiger partial charge >= 0.3 is 0 Å². The molecule has 0 saturated carbocycles. The van der Waals surface area contributed by atoms with Crippen LogP contribution in [0.1, 0.15) is 24.3 Å². The molecule has 0 bridgehead atoms. The molecule has 0 saturated heterocycles. The zero-order valence-electron chi connectivity index (χ0n) is 9.26. The number of thiophene rings is 1. The summed E-state index contributed by atoms with van der Waals surface area (Å²) in [6.07, 6.45) is 1.14. The van der Waals surface area contributed by atoms with E-state index >= 15 is 0 Å². The third-order valence-corrected chi connectivity index (χ3v) is 3.41. The molecule has 0 aliphatic heterocycles. The molecule has 0 aliphatic rings. The zero-order valence-corrected chi connectivity index (χ0v) is 10.1. The predicted octanol–water partition coefficient (Wildman–Crippen LogP) is 2.01. The van der Waals surface area contributed by atoms with Gasteiger partial charge in [-0.3, -0.25) is 0 Å². The monoisotopic (exact) mass is 212 g/mol. The highest BCUT2D eigenvalue weighted by atomic mass is 32.1. The van der Waals surface area contributed by atoms with Gasteiger partial charge in [0.2, 0.25) is 0 Å². The van der Waals surface area contributed by atoms with Crippen molar-refractivity contribution in [2.75, 3.05) is 13.6 Å². The van der Waals surface area contributed by atoms with Crippen molar-refractivity contribution in [3.05, 3.63) is 21.9 Å². The Hall–Kier alpha value is -0.380. The van der Waals surface area contributed by atoms with Crippen LogP contribution in [0, 0.1) is 0 Å². The second kappa shape index (κ2) is 6.17. The first kappa shape index (κ1) is 11.7. The molecule has 3 heteroatoms. The molecule has 0 aliphatic carbocycles. The van der Waals surface area contributed by atoms with Gasteiger partial charge < -0.3 is 10.6 Å². The van der Waals surface area contributed by atoms with E-state index in [4.69, 9.17) is 0 Å². The Balaban J connectivity index is 2.31. The Morgan fingerprint density at radius 2 is 2.29 bits per heavy atom. The normalized spacial score (nSPS) is 13.1. The summed E-state index contributed by atoms with van der Waals surface area (Å²) >= 11 is 1.85. The van der Waals surface area contributed by atoms with E-state index in [0.29, 0.717) is 6.04 Å². The van der Waals surface area contributed by atoms with Gasteiger partial charge in [-0.1, -0.05) is 6.92 Å². The first-order valence-electron chi connectivity index (χ1n) is 5.21. The summed E-state index contributed by atoms with van der Waals surface area (Å²) in [5.41, 5.74) is 1.49. The van der Waals surface area contributed by atoms with Crippen LogP contribution in [0.4, 0.5) is 0 Å². The van der Waals surface area contributed by atoms with Crippen LogP contribution in [0.15, 0.2) is 11.4 Å². The van der Waals surface area contributed by atoms with Crippen LogP contribution in [0.5, 0.6) is 0 Å². The van der Waals surface area contributed by atoms with Gasteiger partial charge in [0.1, 0.15) is 0 Å². The van der Waals surface area contributed by atoms with Gasteiger partial charge in [-0.25, -0.2) is 0 Å². The predicted molar refractivity (Wildman–Crippen MR) is 63.9 cm³/mol. The standard InChI is InChI=1S/C11H20N2S/c1-4-10-5-6-14-11(10)8-13-7-9(2)12-3/h5-6,9,12-13H,4,7-8H2,1-3H3. The van der Waals surface area contributed by atoms with Crippen molar-refractivity contribution >= 4 is 11.3 Å². The third kappa shape index (κ3) is 3.40. The molecule has 1 atom stereocenters. The largest absolute Gasteiger partial charge is 0.316 e. The van der Waals surface area contributed by atoms with Gasteiger partial charge in [0, 0.05) is 24.0 Å². The molecule has 2 nitrogen and oxygen atoms in total. The van der Waals surface area contributed by atoms with Crippen LogP contribution in [0.3, 0.4) is 0 Å². The molecule has 0 amide bonds. The first-order chi connectivity index (χ1) is 6.77. The molecular weight excluding hydrogens is 192 g/mol. The lowest BCUT2D eigenvalue weighted by Gasteiger charge is -2.11. The van der Waals surface area contributed by atoms with Gasteiger partial charge in [-0.2, -0.15) is 0 Å². The Bertz CT molecular complexity index is 258. The molecule has 1 heterocycles. The minimum atomic E-state index is 0.542. The van der Waals surface area contributed by atoms with Crippen molar-refractivity contribution in [1.29, 1.82) is 0 Å². The van der Waals surface area contributed by atoms with E-state index in [2.05, 4.69) is 35.9 Å². The molecular formula is C11H20N2S. The second-order valence-electron chi connectivity index (χ2n) is 3.54. The van der Waals surface area contributed by atoms with Crippen molar-refractivity contribution in [3.63, 3.8) is 0 Å². The van der Waals surface area contributed by atoms with Gasteiger partial charge in [-0.05, 0) is 37.4 Å². The molecule has 1 aromatic heterocycles. The van der Waals surface area contributed by atoms with Crippen molar-refractivity contribution in [3.8, 4) is 0 Å². The van der Waals surface area contributed by atoms with Crippen LogP contribution in [-0.4, -0.2) is 19.6 Å². The van der Waals surface area contributed by atoms with Gasteiger partial charge in [0.15, 0.2) is 0 Å².